The third kappa shape index (κ3) is 6.38. The molecule has 0 radical (unpaired) electrons. The highest BCUT2D eigenvalue weighted by molar-refractivity contribution is 7.91. The van der Waals surface area contributed by atoms with Gasteiger partial charge in [-0.2, -0.15) is 8.78 Å². The van der Waals surface area contributed by atoms with Gasteiger partial charge in [-0.05, 0) is 29.8 Å². The Morgan fingerprint density at radius 2 is 1.80 bits per heavy atom. The molecule has 1 N–H and O–H groups in total. The zero-order valence-corrected chi connectivity index (χ0v) is 16.6. The van der Waals surface area contributed by atoms with Crippen molar-refractivity contribution in [3.05, 3.63) is 78.4 Å². The lowest BCUT2D eigenvalue weighted by Gasteiger charge is -2.10. The van der Waals surface area contributed by atoms with E-state index in [4.69, 9.17) is 0 Å². The summed E-state index contributed by atoms with van der Waals surface area (Å²) in [7, 11) is -3.78. The van der Waals surface area contributed by atoms with Crippen molar-refractivity contribution in [1.82, 2.24) is 9.55 Å². The molecule has 0 aliphatic heterocycles. The average Bonchev–Trinajstić information content (AvgIpc) is 3.09. The molecule has 2 aromatic carbocycles. The van der Waals surface area contributed by atoms with Crippen molar-refractivity contribution < 1.29 is 26.7 Å². The number of anilines is 1. The molecular weight excluding hydrogens is 416 g/mol. The Balaban J connectivity index is 1.59. The molecule has 0 aliphatic carbocycles. The molecule has 0 atom stereocenters. The fraction of sp³-hybridized carbons (Fsp3) is 0.200. The van der Waals surface area contributed by atoms with Gasteiger partial charge in [-0.25, -0.2) is 13.4 Å². The van der Waals surface area contributed by atoms with Crippen LogP contribution in [0.1, 0.15) is 11.4 Å². The molecule has 0 spiro atoms. The molecule has 0 bridgehead atoms. The van der Waals surface area contributed by atoms with Gasteiger partial charge in [0, 0.05) is 24.6 Å². The topological polar surface area (TPSA) is 90.3 Å². The maximum absolute atomic E-state index is 12.5. The number of ether oxygens (including phenoxy) is 1. The van der Waals surface area contributed by atoms with Crippen molar-refractivity contribution in [2.75, 3.05) is 11.1 Å². The zero-order valence-electron chi connectivity index (χ0n) is 15.7. The van der Waals surface area contributed by atoms with Crippen LogP contribution in [0, 0.1) is 0 Å². The Bertz CT molecular complexity index is 1080. The molecule has 0 saturated heterocycles. The number of benzene rings is 2. The van der Waals surface area contributed by atoms with Gasteiger partial charge < -0.3 is 14.6 Å². The van der Waals surface area contributed by atoms with Gasteiger partial charge in [-0.3, -0.25) is 4.79 Å². The molecule has 3 aromatic rings. The van der Waals surface area contributed by atoms with Gasteiger partial charge in [0.25, 0.3) is 0 Å². The first kappa shape index (κ1) is 21.4. The maximum atomic E-state index is 12.5. The number of halogens is 2. The molecular formula is C20H19F2N3O4S. The van der Waals surface area contributed by atoms with Gasteiger partial charge >= 0.3 is 6.61 Å². The highest BCUT2D eigenvalue weighted by atomic mass is 32.2. The Morgan fingerprint density at radius 1 is 1.10 bits per heavy atom. The van der Waals surface area contributed by atoms with E-state index >= 15 is 0 Å². The van der Waals surface area contributed by atoms with Crippen LogP contribution in [0.25, 0.3) is 0 Å². The zero-order chi connectivity index (χ0) is 21.6. The second kappa shape index (κ2) is 9.49. The van der Waals surface area contributed by atoms with E-state index in [1.807, 2.05) is 30.3 Å². The summed E-state index contributed by atoms with van der Waals surface area (Å²) < 4.78 is 55.2. The van der Waals surface area contributed by atoms with Crippen LogP contribution in [0.15, 0.2) is 67.0 Å². The molecule has 0 fully saturated rings. The fourth-order valence-corrected chi connectivity index (χ4v) is 3.98. The molecule has 0 saturated carbocycles. The number of alkyl halides is 2. The molecule has 10 heteroatoms. The van der Waals surface area contributed by atoms with E-state index in [1.54, 1.807) is 10.8 Å². The number of sulfone groups is 1. The first-order valence-corrected chi connectivity index (χ1v) is 10.7. The second-order valence-corrected chi connectivity index (χ2v) is 8.50. The van der Waals surface area contributed by atoms with Crippen molar-refractivity contribution in [3.8, 4) is 5.75 Å². The molecule has 30 heavy (non-hydrogen) atoms. The number of aromatic nitrogens is 2. The monoisotopic (exact) mass is 435 g/mol. The minimum atomic E-state index is -3.78. The normalized spacial score (nSPS) is 11.4. The Kier molecular flexibility index (Phi) is 6.78. The minimum absolute atomic E-state index is 0.0686. The van der Waals surface area contributed by atoms with Gasteiger partial charge in [0.05, 0.1) is 0 Å². The molecule has 1 amide bonds. The summed E-state index contributed by atoms with van der Waals surface area (Å²) in [5, 5.41) is 2.42. The van der Waals surface area contributed by atoms with Gasteiger partial charge in [-0.1, -0.05) is 30.3 Å². The Hall–Kier alpha value is -3.27. The first-order valence-electron chi connectivity index (χ1n) is 8.90. The SMILES string of the molecule is O=C(CS(=O)(=O)Cc1nccn1Cc1ccccc1)Nc1ccc(OC(F)F)cc1. The number of hydrogen-bond donors (Lipinski definition) is 1. The lowest BCUT2D eigenvalue weighted by atomic mass is 10.2. The van der Waals surface area contributed by atoms with Crippen LogP contribution in [0.5, 0.6) is 5.75 Å². The number of imidazole rings is 1. The number of hydrogen-bond acceptors (Lipinski definition) is 5. The Morgan fingerprint density at radius 3 is 2.47 bits per heavy atom. The van der Waals surface area contributed by atoms with Gasteiger partial charge in [0.1, 0.15) is 23.1 Å². The summed E-state index contributed by atoms with van der Waals surface area (Å²) in [6, 6.07) is 14.7. The number of nitrogens with zero attached hydrogens (tertiary/aromatic N) is 2. The highest BCUT2D eigenvalue weighted by Crippen LogP contribution is 2.18. The summed E-state index contributed by atoms with van der Waals surface area (Å²) in [4.78, 5) is 16.2. The first-order chi connectivity index (χ1) is 14.3. The number of rotatable bonds is 9. The smallest absolute Gasteiger partial charge is 0.387 e. The van der Waals surface area contributed by atoms with Crippen molar-refractivity contribution in [1.29, 1.82) is 0 Å². The summed E-state index contributed by atoms with van der Waals surface area (Å²) in [6.07, 6.45) is 3.19. The van der Waals surface area contributed by atoms with E-state index < -0.39 is 28.1 Å². The van der Waals surface area contributed by atoms with E-state index in [0.29, 0.717) is 12.4 Å². The number of carbonyl (C=O) groups excluding carboxylic acids is 1. The lowest BCUT2D eigenvalue weighted by molar-refractivity contribution is -0.113. The van der Waals surface area contributed by atoms with Gasteiger partial charge in [-0.15, -0.1) is 0 Å². The number of carbonyl (C=O) groups is 1. The van der Waals surface area contributed by atoms with Gasteiger partial charge in [0.15, 0.2) is 9.84 Å². The van der Waals surface area contributed by atoms with Crippen LogP contribution in [-0.4, -0.2) is 36.2 Å². The molecule has 0 aliphatic rings. The summed E-state index contributed by atoms with van der Waals surface area (Å²) in [5.41, 5.74) is 1.26. The van der Waals surface area contributed by atoms with Crippen LogP contribution in [0.2, 0.25) is 0 Å². The molecule has 7 nitrogen and oxygen atoms in total. The lowest BCUT2D eigenvalue weighted by Crippen LogP contribution is -2.25. The summed E-state index contributed by atoms with van der Waals surface area (Å²) in [6.45, 7) is -2.49. The van der Waals surface area contributed by atoms with E-state index in [-0.39, 0.29) is 17.2 Å². The molecule has 0 unspecified atom stereocenters. The predicted molar refractivity (Wildman–Crippen MR) is 107 cm³/mol. The van der Waals surface area contributed by atoms with Crippen molar-refractivity contribution in [3.63, 3.8) is 0 Å². The number of amides is 1. The van der Waals surface area contributed by atoms with Crippen molar-refractivity contribution >= 4 is 21.4 Å². The molecule has 1 aromatic heterocycles. The van der Waals surface area contributed by atoms with E-state index in [1.165, 1.54) is 30.5 Å². The van der Waals surface area contributed by atoms with Crippen LogP contribution in [0.3, 0.4) is 0 Å². The third-order valence-corrected chi connectivity index (χ3v) is 5.46. The van der Waals surface area contributed by atoms with Crippen molar-refractivity contribution in [2.45, 2.75) is 18.9 Å². The third-order valence-electron chi connectivity index (χ3n) is 4.06. The average molecular weight is 435 g/mol. The van der Waals surface area contributed by atoms with Crippen LogP contribution in [-0.2, 0) is 26.9 Å². The Labute approximate surface area is 172 Å². The molecule has 3 rings (SSSR count). The van der Waals surface area contributed by atoms with Crippen molar-refractivity contribution in [2.24, 2.45) is 0 Å². The fourth-order valence-electron chi connectivity index (χ4n) is 2.77. The van der Waals surface area contributed by atoms with Crippen LogP contribution in [0.4, 0.5) is 14.5 Å². The standard InChI is InChI=1S/C20H19F2N3O4S/c21-20(22)29-17-8-6-16(7-9-17)24-19(26)14-30(27,28)13-18-23-10-11-25(18)12-15-4-2-1-3-5-15/h1-11,20H,12-14H2,(H,24,26). The number of nitrogens with one attached hydrogen (secondary N) is 1. The van der Waals surface area contributed by atoms with E-state index in [9.17, 15) is 22.0 Å². The molecule has 158 valence electrons. The minimum Gasteiger partial charge on any atom is -0.435 e. The second-order valence-electron chi connectivity index (χ2n) is 6.44. The van der Waals surface area contributed by atoms with Crippen LogP contribution >= 0.6 is 0 Å². The predicted octanol–water partition coefficient (Wildman–Crippen LogP) is 3.09. The van der Waals surface area contributed by atoms with E-state index in [0.717, 1.165) is 5.56 Å². The summed E-state index contributed by atoms with van der Waals surface area (Å²) >= 11 is 0. The largest absolute Gasteiger partial charge is 0.435 e. The van der Waals surface area contributed by atoms with E-state index in [2.05, 4.69) is 15.0 Å². The van der Waals surface area contributed by atoms with Crippen LogP contribution < -0.4 is 10.1 Å². The highest BCUT2D eigenvalue weighted by Gasteiger charge is 2.20. The van der Waals surface area contributed by atoms with Gasteiger partial charge in [0.2, 0.25) is 5.91 Å². The molecule has 1 heterocycles. The summed E-state index contributed by atoms with van der Waals surface area (Å²) in [5.74, 6) is -1.60. The maximum Gasteiger partial charge on any atom is 0.387 e. The quantitative estimate of drug-likeness (QED) is 0.558.